The summed E-state index contributed by atoms with van der Waals surface area (Å²) in [4.78, 5) is 12.5. The van der Waals surface area contributed by atoms with Crippen LogP contribution >= 0.6 is 11.3 Å². The highest BCUT2D eigenvalue weighted by atomic mass is 32.2. The van der Waals surface area contributed by atoms with Crippen molar-refractivity contribution in [2.45, 2.75) is 19.8 Å². The smallest absolute Gasteiger partial charge is 0.230 e. The van der Waals surface area contributed by atoms with Crippen LogP contribution in [0.25, 0.3) is 10.6 Å². The summed E-state index contributed by atoms with van der Waals surface area (Å²) in [5.74, 6) is -0.510. The van der Waals surface area contributed by atoms with E-state index < -0.39 is 10.0 Å². The molecule has 134 valence electrons. The Balaban J connectivity index is 1.65. The van der Waals surface area contributed by atoms with E-state index in [-0.39, 0.29) is 24.1 Å². The molecule has 1 saturated heterocycles. The van der Waals surface area contributed by atoms with Crippen LogP contribution in [0.4, 0.5) is 5.13 Å². The molecule has 1 atom stereocenters. The first kappa shape index (κ1) is 18.0. The van der Waals surface area contributed by atoms with Crippen molar-refractivity contribution in [3.05, 3.63) is 30.3 Å². The highest BCUT2D eigenvalue weighted by Crippen LogP contribution is 2.27. The Labute approximate surface area is 151 Å². The molecule has 0 unspecified atom stereocenters. The lowest BCUT2D eigenvalue weighted by molar-refractivity contribution is -0.120. The van der Waals surface area contributed by atoms with Crippen LogP contribution in [0.3, 0.4) is 0 Å². The van der Waals surface area contributed by atoms with Crippen molar-refractivity contribution in [3.63, 3.8) is 0 Å². The molecule has 1 amide bonds. The molecule has 9 heteroatoms. The normalized spacial score (nSPS) is 18.8. The van der Waals surface area contributed by atoms with Crippen LogP contribution in [-0.4, -0.2) is 47.7 Å². The Morgan fingerprint density at radius 2 is 2.08 bits per heavy atom. The van der Waals surface area contributed by atoms with E-state index in [1.807, 2.05) is 30.3 Å². The maximum Gasteiger partial charge on any atom is 0.230 e. The lowest BCUT2D eigenvalue weighted by Gasteiger charge is -2.30. The monoisotopic (exact) mass is 380 g/mol. The SMILES string of the molecule is CCS(=O)(=O)N1CCC[C@H](C(=O)Nc2nnc(-c3ccccc3)s2)C1. The minimum atomic E-state index is -3.26. The molecule has 2 aromatic rings. The van der Waals surface area contributed by atoms with Gasteiger partial charge in [-0.1, -0.05) is 41.7 Å². The van der Waals surface area contributed by atoms with Crippen LogP contribution in [0.5, 0.6) is 0 Å². The van der Waals surface area contributed by atoms with Gasteiger partial charge in [-0.2, -0.15) is 0 Å². The standard InChI is InChI=1S/C16H20N4O3S2/c1-2-25(22,23)20-10-6-9-13(11-20)14(21)17-16-19-18-15(24-16)12-7-4-3-5-8-12/h3-5,7-8,13H,2,6,9-11H2,1H3,(H,17,19,21)/t13-/m0/s1. The summed E-state index contributed by atoms with van der Waals surface area (Å²) < 4.78 is 25.4. The predicted molar refractivity (Wildman–Crippen MR) is 97.7 cm³/mol. The molecule has 3 rings (SSSR count). The van der Waals surface area contributed by atoms with Gasteiger partial charge in [0.1, 0.15) is 5.01 Å². The van der Waals surface area contributed by atoms with Gasteiger partial charge in [0.2, 0.25) is 21.1 Å². The summed E-state index contributed by atoms with van der Waals surface area (Å²) >= 11 is 1.30. The topological polar surface area (TPSA) is 92.3 Å². The quantitative estimate of drug-likeness (QED) is 0.858. The van der Waals surface area contributed by atoms with Crippen molar-refractivity contribution in [1.82, 2.24) is 14.5 Å². The summed E-state index contributed by atoms with van der Waals surface area (Å²) in [6.07, 6.45) is 1.36. The third kappa shape index (κ3) is 4.23. The molecule has 0 saturated carbocycles. The molecule has 0 bridgehead atoms. The van der Waals surface area contributed by atoms with E-state index in [1.54, 1.807) is 6.92 Å². The average Bonchev–Trinajstić information content (AvgIpc) is 3.11. The highest BCUT2D eigenvalue weighted by Gasteiger charge is 2.31. The number of rotatable bonds is 5. The molecule has 1 N–H and O–H groups in total. The van der Waals surface area contributed by atoms with Crippen LogP contribution in [0.15, 0.2) is 30.3 Å². The van der Waals surface area contributed by atoms with E-state index >= 15 is 0 Å². The van der Waals surface area contributed by atoms with Gasteiger partial charge in [0.25, 0.3) is 0 Å². The van der Waals surface area contributed by atoms with Crippen LogP contribution in [-0.2, 0) is 14.8 Å². The van der Waals surface area contributed by atoms with Crippen molar-refractivity contribution in [2.24, 2.45) is 5.92 Å². The first-order valence-corrected chi connectivity index (χ1v) is 10.6. The van der Waals surface area contributed by atoms with Gasteiger partial charge in [-0.15, -0.1) is 10.2 Å². The predicted octanol–water partition coefficient (Wildman–Crippen LogP) is 2.21. The molecule has 2 heterocycles. The van der Waals surface area contributed by atoms with Crippen molar-refractivity contribution in [1.29, 1.82) is 0 Å². The summed E-state index contributed by atoms with van der Waals surface area (Å²) in [5, 5.41) is 12.1. The average molecular weight is 380 g/mol. The van der Waals surface area contributed by atoms with Gasteiger partial charge in [0, 0.05) is 18.7 Å². The number of aromatic nitrogens is 2. The van der Waals surface area contributed by atoms with Crippen LogP contribution < -0.4 is 5.32 Å². The van der Waals surface area contributed by atoms with E-state index in [2.05, 4.69) is 15.5 Å². The van der Waals surface area contributed by atoms with Crippen LogP contribution in [0.2, 0.25) is 0 Å². The second-order valence-corrected chi connectivity index (χ2v) is 9.10. The summed E-state index contributed by atoms with van der Waals surface area (Å²) in [7, 11) is -3.26. The highest BCUT2D eigenvalue weighted by molar-refractivity contribution is 7.89. The Morgan fingerprint density at radius 1 is 1.32 bits per heavy atom. The molecule has 7 nitrogen and oxygen atoms in total. The Kier molecular flexibility index (Phi) is 5.45. The van der Waals surface area contributed by atoms with Crippen molar-refractivity contribution in [2.75, 3.05) is 24.2 Å². The van der Waals surface area contributed by atoms with Crippen molar-refractivity contribution >= 4 is 32.4 Å². The molecule has 0 aliphatic carbocycles. The minimum absolute atomic E-state index is 0.0537. The number of benzene rings is 1. The third-order valence-corrected chi connectivity index (χ3v) is 6.92. The summed E-state index contributed by atoms with van der Waals surface area (Å²) in [6.45, 7) is 2.33. The van der Waals surface area contributed by atoms with E-state index in [4.69, 9.17) is 0 Å². The lowest BCUT2D eigenvalue weighted by Crippen LogP contribution is -2.44. The van der Waals surface area contributed by atoms with Crippen LogP contribution in [0.1, 0.15) is 19.8 Å². The number of sulfonamides is 1. The molecule has 1 fully saturated rings. The summed E-state index contributed by atoms with van der Waals surface area (Å²) in [6, 6.07) is 9.62. The maximum absolute atomic E-state index is 12.5. The largest absolute Gasteiger partial charge is 0.300 e. The number of anilines is 1. The van der Waals surface area contributed by atoms with Gasteiger partial charge in [-0.3, -0.25) is 4.79 Å². The van der Waals surface area contributed by atoms with Gasteiger partial charge in [-0.05, 0) is 19.8 Å². The fraction of sp³-hybridized carbons (Fsp3) is 0.438. The summed E-state index contributed by atoms with van der Waals surface area (Å²) in [5.41, 5.74) is 0.943. The Hall–Kier alpha value is -1.84. The van der Waals surface area contributed by atoms with Crippen LogP contribution in [0, 0.1) is 5.92 Å². The van der Waals surface area contributed by atoms with Crippen molar-refractivity contribution in [3.8, 4) is 10.6 Å². The second-order valence-electron chi connectivity index (χ2n) is 5.87. The van der Waals surface area contributed by atoms with E-state index in [1.165, 1.54) is 15.6 Å². The number of hydrogen-bond acceptors (Lipinski definition) is 6. The molecule has 1 aliphatic heterocycles. The fourth-order valence-electron chi connectivity index (χ4n) is 2.77. The molecule has 0 radical (unpaired) electrons. The number of hydrogen-bond donors (Lipinski definition) is 1. The minimum Gasteiger partial charge on any atom is -0.300 e. The molecule has 1 aromatic carbocycles. The van der Waals surface area contributed by atoms with E-state index in [9.17, 15) is 13.2 Å². The zero-order valence-corrected chi connectivity index (χ0v) is 15.5. The zero-order valence-electron chi connectivity index (χ0n) is 13.9. The van der Waals surface area contributed by atoms with Crippen molar-refractivity contribution < 1.29 is 13.2 Å². The zero-order chi connectivity index (χ0) is 17.9. The van der Waals surface area contributed by atoms with Gasteiger partial charge in [-0.25, -0.2) is 12.7 Å². The van der Waals surface area contributed by atoms with Gasteiger partial charge in [0.15, 0.2) is 0 Å². The number of amides is 1. The Bertz CT molecular complexity index is 836. The number of carbonyl (C=O) groups excluding carboxylic acids is 1. The number of carbonyl (C=O) groups is 1. The Morgan fingerprint density at radius 3 is 2.80 bits per heavy atom. The second kappa shape index (κ2) is 7.59. The third-order valence-electron chi connectivity index (χ3n) is 4.19. The van der Waals surface area contributed by atoms with Gasteiger partial charge < -0.3 is 5.32 Å². The number of piperidine rings is 1. The molecule has 0 spiro atoms. The fourth-order valence-corrected chi connectivity index (χ4v) is 4.70. The molecular weight excluding hydrogens is 360 g/mol. The molecule has 1 aromatic heterocycles. The maximum atomic E-state index is 12.5. The molecule has 1 aliphatic rings. The lowest BCUT2D eigenvalue weighted by atomic mass is 9.99. The van der Waals surface area contributed by atoms with Gasteiger partial charge >= 0.3 is 0 Å². The number of nitrogens with zero attached hydrogens (tertiary/aromatic N) is 3. The van der Waals surface area contributed by atoms with E-state index in [0.29, 0.717) is 24.5 Å². The van der Waals surface area contributed by atoms with E-state index in [0.717, 1.165) is 10.6 Å². The first-order chi connectivity index (χ1) is 12.0. The van der Waals surface area contributed by atoms with Gasteiger partial charge in [0.05, 0.1) is 11.7 Å². The molecular formula is C16H20N4O3S2. The molecule has 25 heavy (non-hydrogen) atoms. The number of nitrogens with one attached hydrogen (secondary N) is 1. The first-order valence-electron chi connectivity index (χ1n) is 8.17.